The molecule has 0 bridgehead atoms. The molecule has 38 heavy (non-hydrogen) atoms. The Hall–Kier alpha value is -3.71. The predicted molar refractivity (Wildman–Crippen MR) is 154 cm³/mol. The zero-order chi connectivity index (χ0) is 26.5. The fourth-order valence-corrected chi connectivity index (χ4v) is 4.88. The lowest BCUT2D eigenvalue weighted by Crippen LogP contribution is -2.34. The van der Waals surface area contributed by atoms with E-state index in [2.05, 4.69) is 23.8 Å². The molecule has 5 rings (SSSR count). The first-order chi connectivity index (χ1) is 18.5. The summed E-state index contributed by atoms with van der Waals surface area (Å²) >= 11 is 6.28. The first-order valence-corrected chi connectivity index (χ1v) is 13.6. The third-order valence-electron chi connectivity index (χ3n) is 6.78. The first kappa shape index (κ1) is 25.9. The van der Waals surface area contributed by atoms with E-state index < -0.39 is 0 Å². The Kier molecular flexibility index (Phi) is 8.03. The van der Waals surface area contributed by atoms with Crippen LogP contribution in [0.5, 0.6) is 0 Å². The van der Waals surface area contributed by atoms with Gasteiger partial charge in [-0.05, 0) is 48.6 Å². The molecule has 0 atom stereocenters. The normalized spacial score (nSPS) is 14.5. The number of amides is 1. The van der Waals surface area contributed by atoms with Gasteiger partial charge >= 0.3 is 0 Å². The van der Waals surface area contributed by atoms with Crippen LogP contribution in [-0.2, 0) is 11.2 Å². The van der Waals surface area contributed by atoms with Gasteiger partial charge < -0.3 is 9.80 Å². The highest BCUT2D eigenvalue weighted by molar-refractivity contribution is 6.30. The average molecular weight is 529 g/mol. The fraction of sp³-hybridized carbons (Fsp3) is 0.333. The van der Waals surface area contributed by atoms with Gasteiger partial charge in [0.1, 0.15) is 11.6 Å². The van der Waals surface area contributed by atoms with Crippen LogP contribution in [0.4, 0.5) is 5.82 Å². The van der Waals surface area contributed by atoms with Crippen molar-refractivity contribution < 1.29 is 4.79 Å². The third kappa shape index (κ3) is 6.05. The highest BCUT2D eigenvalue weighted by Gasteiger charge is 2.23. The monoisotopic (exact) mass is 528 g/mol. The summed E-state index contributed by atoms with van der Waals surface area (Å²) in [7, 11) is 0. The largest absolute Gasteiger partial charge is 0.354 e. The zero-order valence-corrected chi connectivity index (χ0v) is 22.7. The molecule has 7 nitrogen and oxygen atoms in total. The zero-order valence-electron chi connectivity index (χ0n) is 21.9. The molecule has 4 aromatic rings. The number of fused-ring (bicyclic) bond motifs is 1. The molecule has 0 saturated carbocycles. The van der Waals surface area contributed by atoms with Crippen LogP contribution in [0.15, 0.2) is 66.9 Å². The summed E-state index contributed by atoms with van der Waals surface area (Å²) in [6, 6.07) is 17.5. The average Bonchev–Trinajstić information content (AvgIpc) is 3.19. The predicted octanol–water partition coefficient (Wildman–Crippen LogP) is 5.81. The molecule has 0 spiro atoms. The Balaban J connectivity index is 1.42. The second kappa shape index (κ2) is 11.8. The quantitative estimate of drug-likeness (QED) is 0.283. The van der Waals surface area contributed by atoms with Crippen molar-refractivity contribution in [3.05, 3.63) is 83.3 Å². The number of carbonyl (C=O) groups excluding carboxylic acids is 1. The second-order valence-electron chi connectivity index (χ2n) is 10.1. The van der Waals surface area contributed by atoms with Crippen molar-refractivity contribution in [2.75, 3.05) is 31.1 Å². The summed E-state index contributed by atoms with van der Waals surface area (Å²) in [6.45, 7) is 7.27. The molecule has 196 valence electrons. The van der Waals surface area contributed by atoms with E-state index in [9.17, 15) is 4.79 Å². The van der Waals surface area contributed by atoms with Gasteiger partial charge in [0.2, 0.25) is 5.91 Å². The van der Waals surface area contributed by atoms with Crippen LogP contribution in [0.1, 0.15) is 38.1 Å². The number of rotatable bonds is 7. The summed E-state index contributed by atoms with van der Waals surface area (Å²) in [6.07, 6.45) is 8.06. The van der Waals surface area contributed by atoms with Crippen LogP contribution in [0, 0.1) is 5.92 Å². The van der Waals surface area contributed by atoms with E-state index in [1.165, 1.54) is 0 Å². The Labute approximate surface area is 228 Å². The van der Waals surface area contributed by atoms with Crippen molar-refractivity contribution in [1.82, 2.24) is 24.6 Å². The van der Waals surface area contributed by atoms with E-state index in [1.807, 2.05) is 76.5 Å². The lowest BCUT2D eigenvalue weighted by Gasteiger charge is -2.23. The lowest BCUT2D eigenvalue weighted by molar-refractivity contribution is -0.125. The van der Waals surface area contributed by atoms with Crippen molar-refractivity contribution in [3.63, 3.8) is 0 Å². The summed E-state index contributed by atoms with van der Waals surface area (Å²) < 4.78 is 1.84. The van der Waals surface area contributed by atoms with Crippen LogP contribution >= 0.6 is 11.6 Å². The molecule has 0 radical (unpaired) electrons. The van der Waals surface area contributed by atoms with E-state index in [0.29, 0.717) is 30.6 Å². The Morgan fingerprint density at radius 2 is 1.87 bits per heavy atom. The lowest BCUT2D eigenvalue weighted by atomic mass is 10.1. The standard InChI is InChI=1S/C30H33ClN6O/c1-22(2)12-14-27-33-29(26-21-32-37(30(26)34-27)25-11-6-10-24(31)20-25)36-17-7-16-35(18-19-36)28(38)15-13-23-8-4-3-5-9-23/h3-6,8-11,13,15,20-22H,7,12,14,16-19H2,1-2H3/b15-13+. The van der Waals surface area contributed by atoms with Crippen LogP contribution in [-0.4, -0.2) is 56.7 Å². The number of halogens is 1. The molecule has 2 aromatic heterocycles. The SMILES string of the molecule is CC(C)CCc1nc(N2CCCN(C(=O)/C=C/c3ccccc3)CC2)c2cnn(-c3cccc(Cl)c3)c2n1. The molecule has 3 heterocycles. The van der Waals surface area contributed by atoms with Crippen molar-refractivity contribution >= 4 is 40.4 Å². The van der Waals surface area contributed by atoms with Gasteiger partial charge in [0, 0.05) is 43.7 Å². The number of hydrogen-bond donors (Lipinski definition) is 0. The first-order valence-electron chi connectivity index (χ1n) is 13.3. The van der Waals surface area contributed by atoms with Crippen LogP contribution in [0.25, 0.3) is 22.8 Å². The Bertz CT molecular complexity index is 1430. The molecule has 0 aliphatic carbocycles. The summed E-state index contributed by atoms with van der Waals surface area (Å²) in [5.41, 5.74) is 2.66. The molecular formula is C30H33ClN6O. The van der Waals surface area contributed by atoms with E-state index in [1.54, 1.807) is 6.08 Å². The smallest absolute Gasteiger partial charge is 0.246 e. The van der Waals surface area contributed by atoms with Gasteiger partial charge in [-0.25, -0.2) is 14.6 Å². The fourth-order valence-electron chi connectivity index (χ4n) is 4.69. The Morgan fingerprint density at radius 1 is 1.03 bits per heavy atom. The van der Waals surface area contributed by atoms with Crippen LogP contribution in [0.3, 0.4) is 0 Å². The van der Waals surface area contributed by atoms with Crippen LogP contribution < -0.4 is 4.90 Å². The summed E-state index contributed by atoms with van der Waals surface area (Å²) in [4.78, 5) is 27.1. The minimum absolute atomic E-state index is 0.0370. The van der Waals surface area contributed by atoms with E-state index in [4.69, 9.17) is 21.6 Å². The second-order valence-corrected chi connectivity index (χ2v) is 10.5. The number of benzene rings is 2. The van der Waals surface area contributed by atoms with E-state index in [0.717, 1.165) is 59.7 Å². The molecule has 0 N–H and O–H groups in total. The number of nitrogens with zero attached hydrogens (tertiary/aromatic N) is 6. The van der Waals surface area contributed by atoms with Gasteiger partial charge in [-0.2, -0.15) is 5.10 Å². The molecule has 2 aromatic carbocycles. The summed E-state index contributed by atoms with van der Waals surface area (Å²) in [5.74, 6) is 2.29. The molecule has 1 aliphatic rings. The number of anilines is 1. The van der Waals surface area contributed by atoms with Gasteiger partial charge in [0.25, 0.3) is 0 Å². The molecule has 1 saturated heterocycles. The highest BCUT2D eigenvalue weighted by atomic mass is 35.5. The van der Waals surface area contributed by atoms with Crippen molar-refractivity contribution in [3.8, 4) is 5.69 Å². The van der Waals surface area contributed by atoms with Gasteiger partial charge in [-0.1, -0.05) is 61.8 Å². The maximum atomic E-state index is 12.9. The van der Waals surface area contributed by atoms with Gasteiger partial charge in [-0.15, -0.1) is 0 Å². The number of aromatic nitrogens is 4. The topological polar surface area (TPSA) is 67.2 Å². The van der Waals surface area contributed by atoms with Crippen molar-refractivity contribution in [1.29, 1.82) is 0 Å². The minimum Gasteiger partial charge on any atom is -0.354 e. The van der Waals surface area contributed by atoms with Gasteiger partial charge in [-0.3, -0.25) is 4.79 Å². The molecule has 8 heteroatoms. The third-order valence-corrected chi connectivity index (χ3v) is 7.01. The Morgan fingerprint density at radius 3 is 2.66 bits per heavy atom. The molecule has 1 fully saturated rings. The molecular weight excluding hydrogens is 496 g/mol. The van der Waals surface area contributed by atoms with Crippen molar-refractivity contribution in [2.45, 2.75) is 33.1 Å². The van der Waals surface area contributed by atoms with E-state index >= 15 is 0 Å². The highest BCUT2D eigenvalue weighted by Crippen LogP contribution is 2.28. The summed E-state index contributed by atoms with van der Waals surface area (Å²) in [5, 5.41) is 6.23. The number of carbonyl (C=O) groups is 1. The molecule has 1 aliphatic heterocycles. The van der Waals surface area contributed by atoms with E-state index in [-0.39, 0.29) is 5.91 Å². The molecule has 0 unspecified atom stereocenters. The van der Waals surface area contributed by atoms with Gasteiger partial charge in [0.15, 0.2) is 5.65 Å². The number of aryl methyl sites for hydroxylation is 1. The maximum Gasteiger partial charge on any atom is 0.246 e. The minimum atomic E-state index is 0.0370. The number of hydrogen-bond acceptors (Lipinski definition) is 5. The van der Waals surface area contributed by atoms with Crippen molar-refractivity contribution in [2.24, 2.45) is 5.92 Å². The van der Waals surface area contributed by atoms with Gasteiger partial charge in [0.05, 0.1) is 17.3 Å². The van der Waals surface area contributed by atoms with Crippen LogP contribution in [0.2, 0.25) is 5.02 Å². The molecule has 1 amide bonds. The maximum absolute atomic E-state index is 12.9.